The predicted molar refractivity (Wildman–Crippen MR) is 87.3 cm³/mol. The highest BCUT2D eigenvalue weighted by Gasteiger charge is 2.27. The smallest absolute Gasteiger partial charge is 0.187 e. The second-order valence-electron chi connectivity index (χ2n) is 5.52. The highest BCUT2D eigenvalue weighted by molar-refractivity contribution is 6.71. The van der Waals surface area contributed by atoms with Crippen molar-refractivity contribution in [2.45, 2.75) is 51.4 Å². The van der Waals surface area contributed by atoms with E-state index < -0.39 is 8.32 Å². The van der Waals surface area contributed by atoms with Crippen LogP contribution in [0, 0.1) is 0 Å². The van der Waals surface area contributed by atoms with E-state index in [0.717, 1.165) is 17.0 Å². The van der Waals surface area contributed by atoms with E-state index in [-0.39, 0.29) is 6.10 Å². The van der Waals surface area contributed by atoms with Crippen LogP contribution in [-0.2, 0) is 4.43 Å². The van der Waals surface area contributed by atoms with Crippen molar-refractivity contribution in [3.8, 4) is 0 Å². The van der Waals surface area contributed by atoms with E-state index >= 15 is 0 Å². The molecule has 0 fully saturated rings. The molecule has 1 rings (SSSR count). The average molecular weight is 297 g/mol. The van der Waals surface area contributed by atoms with Gasteiger partial charge >= 0.3 is 0 Å². The van der Waals surface area contributed by atoms with Crippen molar-refractivity contribution in [3.05, 3.63) is 47.5 Å². The normalized spacial score (nSPS) is 13.3. The minimum absolute atomic E-state index is 0.0460. The van der Waals surface area contributed by atoms with E-state index in [0.29, 0.717) is 0 Å². The number of hydrogen-bond donors (Lipinski definition) is 0. The standard InChI is InChI=1S/C16H25ClOSi/c1-5-7-13-19(3,4)18-16(10-6-2)14-11-8-9-12-15(14)17/h6,8-9,11-12,16H,2,5,7,10,13H2,1,3-4H3. The number of rotatable bonds is 8. The van der Waals surface area contributed by atoms with E-state index in [1.165, 1.54) is 18.9 Å². The molecular weight excluding hydrogens is 272 g/mol. The number of benzene rings is 1. The molecule has 1 aromatic rings. The lowest BCUT2D eigenvalue weighted by atomic mass is 10.1. The van der Waals surface area contributed by atoms with E-state index in [1.54, 1.807) is 0 Å². The van der Waals surface area contributed by atoms with Crippen LogP contribution in [0.3, 0.4) is 0 Å². The molecule has 0 heterocycles. The van der Waals surface area contributed by atoms with Gasteiger partial charge in [0.15, 0.2) is 8.32 Å². The first-order chi connectivity index (χ1) is 9.00. The molecule has 0 saturated heterocycles. The molecule has 1 unspecified atom stereocenters. The van der Waals surface area contributed by atoms with Crippen LogP contribution in [0.2, 0.25) is 24.2 Å². The molecule has 0 spiro atoms. The Kier molecular flexibility index (Phi) is 6.84. The highest BCUT2D eigenvalue weighted by atomic mass is 35.5. The van der Waals surface area contributed by atoms with E-state index in [1.807, 2.05) is 24.3 Å². The van der Waals surface area contributed by atoms with Gasteiger partial charge in [0.2, 0.25) is 0 Å². The number of halogens is 1. The van der Waals surface area contributed by atoms with Crippen molar-refractivity contribution >= 4 is 19.9 Å². The lowest BCUT2D eigenvalue weighted by Gasteiger charge is -2.29. The Morgan fingerprint density at radius 2 is 2.05 bits per heavy atom. The third-order valence-corrected chi connectivity index (χ3v) is 6.05. The fraction of sp³-hybridized carbons (Fsp3) is 0.500. The molecule has 0 aromatic heterocycles. The van der Waals surface area contributed by atoms with Crippen LogP contribution in [-0.4, -0.2) is 8.32 Å². The fourth-order valence-electron chi connectivity index (χ4n) is 2.17. The first-order valence-electron chi connectivity index (χ1n) is 7.03. The molecule has 0 saturated carbocycles. The van der Waals surface area contributed by atoms with Gasteiger partial charge in [-0.15, -0.1) is 6.58 Å². The maximum Gasteiger partial charge on any atom is 0.187 e. The zero-order valence-corrected chi connectivity index (χ0v) is 14.0. The molecule has 0 N–H and O–H groups in total. The quantitative estimate of drug-likeness (QED) is 0.423. The Hall–Kier alpha value is -0.573. The third-order valence-electron chi connectivity index (χ3n) is 3.23. The largest absolute Gasteiger partial charge is 0.410 e. The van der Waals surface area contributed by atoms with Gasteiger partial charge in [0.25, 0.3) is 0 Å². The fourth-order valence-corrected chi connectivity index (χ4v) is 4.75. The monoisotopic (exact) mass is 296 g/mol. The SMILES string of the molecule is C=CCC(O[Si](C)(C)CCCC)c1ccccc1Cl. The zero-order valence-electron chi connectivity index (χ0n) is 12.3. The van der Waals surface area contributed by atoms with Crippen LogP contribution in [0.4, 0.5) is 0 Å². The van der Waals surface area contributed by atoms with Crippen molar-refractivity contribution in [2.24, 2.45) is 0 Å². The van der Waals surface area contributed by atoms with Crippen molar-refractivity contribution in [2.75, 3.05) is 0 Å². The van der Waals surface area contributed by atoms with Crippen LogP contribution in [0.25, 0.3) is 0 Å². The average Bonchev–Trinajstić information content (AvgIpc) is 2.36. The molecule has 3 heteroatoms. The lowest BCUT2D eigenvalue weighted by molar-refractivity contribution is 0.198. The van der Waals surface area contributed by atoms with E-state index in [2.05, 4.69) is 32.7 Å². The van der Waals surface area contributed by atoms with Crippen LogP contribution < -0.4 is 0 Å². The first kappa shape index (κ1) is 16.5. The Balaban J connectivity index is 2.84. The Morgan fingerprint density at radius 3 is 2.63 bits per heavy atom. The molecule has 0 aliphatic heterocycles. The summed E-state index contributed by atoms with van der Waals surface area (Å²) in [7, 11) is -1.64. The van der Waals surface area contributed by atoms with Gasteiger partial charge < -0.3 is 4.43 Å². The van der Waals surface area contributed by atoms with Crippen LogP contribution in [0.15, 0.2) is 36.9 Å². The molecule has 1 nitrogen and oxygen atoms in total. The highest BCUT2D eigenvalue weighted by Crippen LogP contribution is 2.32. The third kappa shape index (κ3) is 5.51. The van der Waals surface area contributed by atoms with E-state index in [4.69, 9.17) is 16.0 Å². The maximum absolute atomic E-state index is 6.43. The summed E-state index contributed by atoms with van der Waals surface area (Å²) in [5.74, 6) is 0. The molecular formula is C16H25ClOSi. The molecule has 0 radical (unpaired) electrons. The summed E-state index contributed by atoms with van der Waals surface area (Å²) in [4.78, 5) is 0. The number of hydrogen-bond acceptors (Lipinski definition) is 1. The Bertz CT molecular complexity index is 403. The summed E-state index contributed by atoms with van der Waals surface area (Å²) in [5.41, 5.74) is 1.08. The van der Waals surface area contributed by atoms with Crippen molar-refractivity contribution in [1.82, 2.24) is 0 Å². The molecule has 106 valence electrons. The Morgan fingerprint density at radius 1 is 1.37 bits per heavy atom. The van der Waals surface area contributed by atoms with Crippen molar-refractivity contribution in [1.29, 1.82) is 0 Å². The van der Waals surface area contributed by atoms with Crippen LogP contribution >= 0.6 is 11.6 Å². The minimum Gasteiger partial charge on any atom is -0.410 e. The molecule has 1 aromatic carbocycles. The van der Waals surface area contributed by atoms with Crippen molar-refractivity contribution in [3.63, 3.8) is 0 Å². The van der Waals surface area contributed by atoms with Crippen molar-refractivity contribution < 1.29 is 4.43 Å². The Labute approximate surface area is 123 Å². The zero-order chi connectivity index (χ0) is 14.3. The molecule has 0 bridgehead atoms. The summed E-state index contributed by atoms with van der Waals surface area (Å²) >= 11 is 6.29. The second kappa shape index (κ2) is 7.88. The summed E-state index contributed by atoms with van der Waals surface area (Å²) < 4.78 is 6.43. The molecule has 19 heavy (non-hydrogen) atoms. The van der Waals surface area contributed by atoms with Gasteiger partial charge in [-0.3, -0.25) is 0 Å². The van der Waals surface area contributed by atoms with Gasteiger partial charge in [-0.05, 0) is 37.2 Å². The van der Waals surface area contributed by atoms with Crippen LogP contribution in [0.5, 0.6) is 0 Å². The van der Waals surface area contributed by atoms with Gasteiger partial charge in [0.05, 0.1) is 6.10 Å². The molecule has 1 atom stereocenters. The maximum atomic E-state index is 6.43. The molecule has 0 amide bonds. The van der Waals surface area contributed by atoms with Crippen LogP contribution in [0.1, 0.15) is 37.9 Å². The van der Waals surface area contributed by atoms with Gasteiger partial charge in [0, 0.05) is 5.02 Å². The topological polar surface area (TPSA) is 9.23 Å². The predicted octanol–water partition coefficient (Wildman–Crippen LogP) is 5.98. The molecule has 0 aliphatic carbocycles. The van der Waals surface area contributed by atoms with Gasteiger partial charge in [-0.25, -0.2) is 0 Å². The number of unbranched alkanes of at least 4 members (excludes halogenated alkanes) is 1. The molecule has 0 aliphatic rings. The summed E-state index contributed by atoms with van der Waals surface area (Å²) in [5, 5.41) is 0.787. The summed E-state index contributed by atoms with van der Waals surface area (Å²) in [6.45, 7) is 10.6. The summed E-state index contributed by atoms with van der Waals surface area (Å²) in [6, 6.07) is 9.15. The van der Waals surface area contributed by atoms with Gasteiger partial charge in [0.1, 0.15) is 0 Å². The first-order valence-corrected chi connectivity index (χ1v) is 10.5. The lowest BCUT2D eigenvalue weighted by Crippen LogP contribution is -2.32. The minimum atomic E-state index is -1.64. The summed E-state index contributed by atoms with van der Waals surface area (Å²) in [6.07, 6.45) is 5.23. The second-order valence-corrected chi connectivity index (χ2v) is 10.2. The van der Waals surface area contributed by atoms with Gasteiger partial charge in [-0.1, -0.05) is 55.6 Å². The van der Waals surface area contributed by atoms with Gasteiger partial charge in [-0.2, -0.15) is 0 Å². The van der Waals surface area contributed by atoms with E-state index in [9.17, 15) is 0 Å².